The van der Waals surface area contributed by atoms with Crippen LogP contribution in [0.1, 0.15) is 96.8 Å². The standard InChI is InChI=1S/C19H33NOS/c1-2-3-4-5-6-7-8-9-10-11-12-13-14-15-16-17-19(21)20-18-22/h9-10H,2-8,11-17H2,1H3/b10-9-. The van der Waals surface area contributed by atoms with Gasteiger partial charge in [0.25, 0.3) is 5.91 Å². The van der Waals surface area contributed by atoms with Gasteiger partial charge in [-0.1, -0.05) is 70.4 Å². The number of amides is 1. The van der Waals surface area contributed by atoms with Crippen molar-refractivity contribution in [1.29, 1.82) is 0 Å². The number of thiocarbonyl (C=S) groups is 1. The molecule has 0 aliphatic heterocycles. The van der Waals surface area contributed by atoms with Crippen LogP contribution in [0.3, 0.4) is 0 Å². The summed E-state index contributed by atoms with van der Waals surface area (Å²) in [6.07, 6.45) is 21.7. The first-order chi connectivity index (χ1) is 10.8. The monoisotopic (exact) mass is 323 g/mol. The fraction of sp³-hybridized carbons (Fsp3) is 0.789. The highest BCUT2D eigenvalue weighted by molar-refractivity contribution is 7.78. The average molecular weight is 324 g/mol. The third-order valence-corrected chi connectivity index (χ3v) is 3.91. The molecule has 0 aromatic heterocycles. The summed E-state index contributed by atoms with van der Waals surface area (Å²) in [4.78, 5) is 14.5. The second kappa shape index (κ2) is 18.3. The largest absolute Gasteiger partial charge is 0.272 e. The Balaban J connectivity index is 3.17. The van der Waals surface area contributed by atoms with Gasteiger partial charge in [-0.05, 0) is 44.3 Å². The molecule has 0 N–H and O–H groups in total. The quantitative estimate of drug-likeness (QED) is 0.146. The molecule has 0 aliphatic rings. The summed E-state index contributed by atoms with van der Waals surface area (Å²) >= 11 is 4.40. The molecule has 126 valence electrons. The molecule has 0 aromatic rings. The van der Waals surface area contributed by atoms with Gasteiger partial charge in [0, 0.05) is 6.42 Å². The number of aliphatic imine (C=N–C) groups is 1. The van der Waals surface area contributed by atoms with Crippen LogP contribution in [0.25, 0.3) is 0 Å². The number of isothiocyanates is 1. The third-order valence-electron chi connectivity index (χ3n) is 3.82. The maximum atomic E-state index is 11.1. The normalized spacial score (nSPS) is 10.8. The van der Waals surface area contributed by atoms with Crippen LogP contribution in [0, 0.1) is 0 Å². The SMILES string of the molecule is CCCCCCCC/C=C\CCCCCCCC(=O)N=C=S. The van der Waals surface area contributed by atoms with E-state index in [0.29, 0.717) is 6.42 Å². The van der Waals surface area contributed by atoms with E-state index in [1.165, 1.54) is 70.6 Å². The molecule has 0 saturated heterocycles. The lowest BCUT2D eigenvalue weighted by Crippen LogP contribution is -1.91. The molecule has 0 fully saturated rings. The zero-order valence-electron chi connectivity index (χ0n) is 14.3. The Bertz CT molecular complexity index is 332. The highest BCUT2D eigenvalue weighted by Gasteiger charge is 1.97. The van der Waals surface area contributed by atoms with Gasteiger partial charge < -0.3 is 0 Å². The summed E-state index contributed by atoms with van der Waals surface area (Å²) in [6.45, 7) is 2.26. The molecule has 0 atom stereocenters. The molecule has 0 aliphatic carbocycles. The molecule has 0 aromatic carbocycles. The van der Waals surface area contributed by atoms with Gasteiger partial charge in [-0.3, -0.25) is 4.79 Å². The summed E-state index contributed by atoms with van der Waals surface area (Å²) in [5.41, 5.74) is 0. The third kappa shape index (κ3) is 17.3. The van der Waals surface area contributed by atoms with Gasteiger partial charge in [0.2, 0.25) is 0 Å². The van der Waals surface area contributed by atoms with Gasteiger partial charge in [-0.25, -0.2) is 0 Å². The smallest absolute Gasteiger partial charge is 0.254 e. The summed E-state index contributed by atoms with van der Waals surface area (Å²) in [5, 5.41) is 2.12. The second-order valence-electron chi connectivity index (χ2n) is 5.93. The summed E-state index contributed by atoms with van der Waals surface area (Å²) in [5.74, 6) is -0.132. The van der Waals surface area contributed by atoms with Crippen molar-refractivity contribution in [3.05, 3.63) is 12.2 Å². The molecule has 0 bridgehead atoms. The number of hydrogen-bond acceptors (Lipinski definition) is 2. The van der Waals surface area contributed by atoms with Crippen molar-refractivity contribution in [2.24, 2.45) is 4.99 Å². The van der Waals surface area contributed by atoms with E-state index in [0.717, 1.165) is 12.8 Å². The summed E-state index contributed by atoms with van der Waals surface area (Å²) < 4.78 is 0. The number of unbranched alkanes of at least 4 members (excludes halogenated alkanes) is 11. The Morgan fingerprint density at radius 1 is 0.864 bits per heavy atom. The molecule has 2 nitrogen and oxygen atoms in total. The lowest BCUT2D eigenvalue weighted by atomic mass is 10.1. The van der Waals surface area contributed by atoms with Crippen LogP contribution in [0.4, 0.5) is 0 Å². The van der Waals surface area contributed by atoms with E-state index in [1.54, 1.807) is 0 Å². The average Bonchev–Trinajstić information content (AvgIpc) is 2.51. The fourth-order valence-corrected chi connectivity index (χ4v) is 2.56. The molecule has 0 radical (unpaired) electrons. The summed E-state index contributed by atoms with van der Waals surface area (Å²) in [6, 6.07) is 0. The number of rotatable bonds is 15. The number of hydrogen-bond donors (Lipinski definition) is 0. The van der Waals surface area contributed by atoms with Gasteiger partial charge >= 0.3 is 0 Å². The highest BCUT2D eigenvalue weighted by atomic mass is 32.1. The van der Waals surface area contributed by atoms with Gasteiger partial charge in [0.05, 0.1) is 5.16 Å². The maximum absolute atomic E-state index is 11.1. The first kappa shape index (κ1) is 21.2. The van der Waals surface area contributed by atoms with E-state index >= 15 is 0 Å². The first-order valence-electron chi connectivity index (χ1n) is 9.07. The van der Waals surface area contributed by atoms with Crippen LogP contribution in [-0.4, -0.2) is 11.1 Å². The van der Waals surface area contributed by atoms with Crippen molar-refractivity contribution in [3.63, 3.8) is 0 Å². The number of nitrogens with zero attached hydrogens (tertiary/aromatic N) is 1. The van der Waals surface area contributed by atoms with Crippen molar-refractivity contribution in [2.75, 3.05) is 0 Å². The molecule has 1 amide bonds. The number of allylic oxidation sites excluding steroid dienone is 2. The van der Waals surface area contributed by atoms with E-state index in [1.807, 2.05) is 0 Å². The highest BCUT2D eigenvalue weighted by Crippen LogP contribution is 2.10. The van der Waals surface area contributed by atoms with E-state index in [4.69, 9.17) is 0 Å². The van der Waals surface area contributed by atoms with Crippen molar-refractivity contribution in [2.45, 2.75) is 96.8 Å². The Hall–Kier alpha value is -0.790. The number of carbonyl (C=O) groups is 1. The minimum absolute atomic E-state index is 0.132. The molecule has 0 rings (SSSR count). The minimum Gasteiger partial charge on any atom is -0.272 e. The minimum atomic E-state index is -0.132. The Labute approximate surface area is 142 Å². The molecule has 0 unspecified atom stereocenters. The molecular formula is C19H33NOS. The van der Waals surface area contributed by atoms with Crippen LogP contribution in [-0.2, 0) is 4.79 Å². The van der Waals surface area contributed by atoms with Crippen LogP contribution < -0.4 is 0 Å². The number of carbonyl (C=O) groups excluding carboxylic acids is 1. The molecule has 0 spiro atoms. The Kier molecular flexibility index (Phi) is 17.6. The first-order valence-corrected chi connectivity index (χ1v) is 9.47. The van der Waals surface area contributed by atoms with Crippen molar-refractivity contribution in [3.8, 4) is 0 Å². The molecule has 22 heavy (non-hydrogen) atoms. The zero-order valence-corrected chi connectivity index (χ0v) is 15.1. The van der Waals surface area contributed by atoms with Crippen molar-refractivity contribution in [1.82, 2.24) is 0 Å². The van der Waals surface area contributed by atoms with E-state index in [2.05, 4.69) is 41.4 Å². The van der Waals surface area contributed by atoms with Gasteiger partial charge in [0.15, 0.2) is 0 Å². The van der Waals surface area contributed by atoms with Gasteiger partial charge in [-0.15, -0.1) is 0 Å². The predicted molar refractivity (Wildman–Crippen MR) is 99.5 cm³/mol. The second-order valence-corrected chi connectivity index (χ2v) is 6.11. The van der Waals surface area contributed by atoms with Gasteiger partial charge in [0.1, 0.15) is 0 Å². The van der Waals surface area contributed by atoms with Crippen LogP contribution >= 0.6 is 12.2 Å². The van der Waals surface area contributed by atoms with Crippen molar-refractivity contribution >= 4 is 23.3 Å². The predicted octanol–water partition coefficient (Wildman–Crippen LogP) is 6.65. The van der Waals surface area contributed by atoms with Crippen LogP contribution in [0.15, 0.2) is 17.1 Å². The van der Waals surface area contributed by atoms with E-state index < -0.39 is 0 Å². The molecule has 3 heteroatoms. The van der Waals surface area contributed by atoms with Gasteiger partial charge in [-0.2, -0.15) is 4.99 Å². The summed E-state index contributed by atoms with van der Waals surface area (Å²) in [7, 11) is 0. The Morgan fingerprint density at radius 3 is 1.91 bits per heavy atom. The van der Waals surface area contributed by atoms with Crippen molar-refractivity contribution < 1.29 is 4.79 Å². The van der Waals surface area contributed by atoms with E-state index in [9.17, 15) is 4.79 Å². The maximum Gasteiger partial charge on any atom is 0.254 e. The van der Waals surface area contributed by atoms with E-state index in [-0.39, 0.29) is 5.91 Å². The van der Waals surface area contributed by atoms with Crippen LogP contribution in [0.2, 0.25) is 0 Å². The topological polar surface area (TPSA) is 29.4 Å². The fourth-order valence-electron chi connectivity index (χ4n) is 2.45. The molecular weight excluding hydrogens is 290 g/mol. The molecule has 0 saturated carbocycles. The Morgan fingerprint density at radius 2 is 1.36 bits per heavy atom. The van der Waals surface area contributed by atoms with Crippen LogP contribution in [0.5, 0.6) is 0 Å². The lowest BCUT2D eigenvalue weighted by molar-refractivity contribution is -0.117. The lowest BCUT2D eigenvalue weighted by Gasteiger charge is -1.99. The molecule has 0 heterocycles. The zero-order chi connectivity index (χ0) is 16.3.